The molecular formula is C32H47N3O5. The smallest absolute Gasteiger partial charge is 0.408 e. The standard InChI is InChI=1S/C32H47N3O5/c1-8-9-10-11-12-13-19-35(27(37)21-33-31(39)40-32(5,6)7)29(25-17-18-26(36)24(4)20-25)30(38)34-28-22(2)15-14-16-23(28)3/h14-18,20,29,36H,8-13,19,21H2,1-7H3,(H,33,39)(H,34,38). The van der Waals surface area contributed by atoms with Crippen molar-refractivity contribution in [1.82, 2.24) is 10.2 Å². The highest BCUT2D eigenvalue weighted by atomic mass is 16.6. The molecule has 1 unspecified atom stereocenters. The molecule has 220 valence electrons. The molecule has 0 saturated heterocycles. The molecule has 0 bridgehead atoms. The van der Waals surface area contributed by atoms with Gasteiger partial charge in [0, 0.05) is 12.2 Å². The van der Waals surface area contributed by atoms with Crippen LogP contribution in [0.25, 0.3) is 0 Å². The number of nitrogens with one attached hydrogen (secondary N) is 2. The van der Waals surface area contributed by atoms with E-state index in [1.165, 1.54) is 11.0 Å². The van der Waals surface area contributed by atoms with Crippen LogP contribution in [-0.2, 0) is 14.3 Å². The van der Waals surface area contributed by atoms with Crippen LogP contribution in [0.4, 0.5) is 10.5 Å². The zero-order valence-corrected chi connectivity index (χ0v) is 25.2. The van der Waals surface area contributed by atoms with E-state index in [2.05, 4.69) is 17.6 Å². The minimum atomic E-state index is -0.970. The van der Waals surface area contributed by atoms with Crippen molar-refractivity contribution in [3.63, 3.8) is 0 Å². The molecule has 3 amide bonds. The van der Waals surface area contributed by atoms with Crippen molar-refractivity contribution < 1.29 is 24.2 Å². The van der Waals surface area contributed by atoms with Gasteiger partial charge in [0.1, 0.15) is 23.9 Å². The van der Waals surface area contributed by atoms with Crippen LogP contribution in [0.3, 0.4) is 0 Å². The summed E-state index contributed by atoms with van der Waals surface area (Å²) in [5.74, 6) is -0.649. The lowest BCUT2D eigenvalue weighted by atomic mass is 9.99. The largest absolute Gasteiger partial charge is 0.508 e. The normalized spacial score (nSPS) is 12.0. The highest BCUT2D eigenvalue weighted by Crippen LogP contribution is 2.29. The van der Waals surface area contributed by atoms with E-state index in [0.29, 0.717) is 29.8 Å². The van der Waals surface area contributed by atoms with E-state index < -0.39 is 23.6 Å². The summed E-state index contributed by atoms with van der Waals surface area (Å²) in [7, 11) is 0. The maximum Gasteiger partial charge on any atom is 0.408 e. The van der Waals surface area contributed by atoms with E-state index in [1.54, 1.807) is 39.8 Å². The number of aryl methyl sites for hydroxylation is 3. The number of nitrogens with zero attached hydrogens (tertiary/aromatic N) is 1. The monoisotopic (exact) mass is 553 g/mol. The molecule has 0 aliphatic carbocycles. The number of alkyl carbamates (subject to hydrolysis) is 1. The number of unbranched alkanes of at least 4 members (excludes halogenated alkanes) is 5. The summed E-state index contributed by atoms with van der Waals surface area (Å²) in [6.07, 6.45) is 5.41. The van der Waals surface area contributed by atoms with Crippen LogP contribution in [0.15, 0.2) is 36.4 Å². The minimum absolute atomic E-state index is 0.109. The summed E-state index contributed by atoms with van der Waals surface area (Å²) in [5, 5.41) is 15.8. The Hall–Kier alpha value is -3.55. The van der Waals surface area contributed by atoms with Gasteiger partial charge in [-0.2, -0.15) is 0 Å². The highest BCUT2D eigenvalue weighted by Gasteiger charge is 2.32. The fraction of sp³-hybridized carbons (Fsp3) is 0.531. The molecule has 0 spiro atoms. The van der Waals surface area contributed by atoms with Crippen molar-refractivity contribution >= 4 is 23.6 Å². The van der Waals surface area contributed by atoms with Crippen LogP contribution >= 0.6 is 0 Å². The summed E-state index contributed by atoms with van der Waals surface area (Å²) in [5.41, 5.74) is 3.00. The molecule has 8 heteroatoms. The Bertz CT molecular complexity index is 1140. The number of carbonyl (C=O) groups is 3. The molecule has 0 heterocycles. The average Bonchev–Trinajstić information content (AvgIpc) is 2.87. The van der Waals surface area contributed by atoms with Crippen molar-refractivity contribution in [3.8, 4) is 5.75 Å². The second-order valence-electron chi connectivity index (χ2n) is 11.4. The molecule has 0 aliphatic rings. The van der Waals surface area contributed by atoms with Gasteiger partial charge < -0.3 is 25.4 Å². The molecule has 0 radical (unpaired) electrons. The summed E-state index contributed by atoms with van der Waals surface area (Å²) < 4.78 is 5.30. The molecule has 40 heavy (non-hydrogen) atoms. The molecular weight excluding hydrogens is 506 g/mol. The van der Waals surface area contributed by atoms with Crippen molar-refractivity contribution in [3.05, 3.63) is 58.7 Å². The molecule has 1 atom stereocenters. The summed E-state index contributed by atoms with van der Waals surface area (Å²) in [6, 6.07) is 9.74. The molecule has 2 aromatic carbocycles. The van der Waals surface area contributed by atoms with Gasteiger partial charge in [-0.25, -0.2) is 4.79 Å². The lowest BCUT2D eigenvalue weighted by Gasteiger charge is -2.32. The number of hydrogen-bond donors (Lipinski definition) is 3. The number of ether oxygens (including phenoxy) is 1. The van der Waals surface area contributed by atoms with Crippen LogP contribution in [0.2, 0.25) is 0 Å². The van der Waals surface area contributed by atoms with Crippen LogP contribution in [-0.4, -0.2) is 46.6 Å². The molecule has 2 aromatic rings. The van der Waals surface area contributed by atoms with Crippen molar-refractivity contribution in [1.29, 1.82) is 0 Å². The lowest BCUT2D eigenvalue weighted by Crippen LogP contribution is -2.47. The van der Waals surface area contributed by atoms with Gasteiger partial charge in [-0.3, -0.25) is 9.59 Å². The Balaban J connectivity index is 2.41. The van der Waals surface area contributed by atoms with Gasteiger partial charge in [-0.05, 0) is 82.3 Å². The number of benzene rings is 2. The number of amides is 3. The van der Waals surface area contributed by atoms with Gasteiger partial charge in [-0.15, -0.1) is 0 Å². The summed E-state index contributed by atoms with van der Waals surface area (Å²) in [4.78, 5) is 41.5. The first-order chi connectivity index (χ1) is 18.8. The Kier molecular flexibility index (Phi) is 12.5. The van der Waals surface area contributed by atoms with Crippen LogP contribution in [0.5, 0.6) is 5.75 Å². The first kappa shape index (κ1) is 32.7. The Morgan fingerprint density at radius 3 is 2.15 bits per heavy atom. The quantitative estimate of drug-likeness (QED) is 0.239. The van der Waals surface area contributed by atoms with E-state index >= 15 is 0 Å². The topological polar surface area (TPSA) is 108 Å². The van der Waals surface area contributed by atoms with Crippen molar-refractivity contribution in [2.75, 3.05) is 18.4 Å². The van der Waals surface area contributed by atoms with Gasteiger partial charge in [0.2, 0.25) is 5.91 Å². The van der Waals surface area contributed by atoms with Crippen LogP contribution < -0.4 is 10.6 Å². The number of hydrogen-bond acceptors (Lipinski definition) is 5. The zero-order valence-electron chi connectivity index (χ0n) is 25.2. The fourth-order valence-electron chi connectivity index (χ4n) is 4.55. The first-order valence-electron chi connectivity index (χ1n) is 14.3. The Morgan fingerprint density at radius 2 is 1.55 bits per heavy atom. The first-order valence-corrected chi connectivity index (χ1v) is 14.3. The summed E-state index contributed by atoms with van der Waals surface area (Å²) in [6.45, 7) is 13.0. The number of phenolic OH excluding ortho intramolecular Hbond substituents is 1. The fourth-order valence-corrected chi connectivity index (χ4v) is 4.55. The van der Waals surface area contributed by atoms with Gasteiger partial charge >= 0.3 is 6.09 Å². The molecule has 0 aliphatic heterocycles. The Morgan fingerprint density at radius 1 is 0.925 bits per heavy atom. The third-order valence-corrected chi connectivity index (χ3v) is 6.68. The van der Waals surface area contributed by atoms with Crippen molar-refractivity contribution in [2.24, 2.45) is 0 Å². The SMILES string of the molecule is CCCCCCCCN(C(=O)CNC(=O)OC(C)(C)C)C(C(=O)Nc1c(C)cccc1C)c1ccc(O)c(C)c1. The van der Waals surface area contributed by atoms with Gasteiger partial charge in [0.25, 0.3) is 5.91 Å². The molecule has 8 nitrogen and oxygen atoms in total. The van der Waals surface area contributed by atoms with Crippen molar-refractivity contribution in [2.45, 2.75) is 98.6 Å². The number of para-hydroxylation sites is 1. The lowest BCUT2D eigenvalue weighted by molar-refractivity contribution is -0.138. The zero-order chi connectivity index (χ0) is 29.9. The predicted molar refractivity (Wildman–Crippen MR) is 159 cm³/mol. The third kappa shape index (κ3) is 10.2. The van der Waals surface area contributed by atoms with E-state index in [1.807, 2.05) is 32.0 Å². The molecule has 3 N–H and O–H groups in total. The van der Waals surface area contributed by atoms with E-state index in [-0.39, 0.29) is 18.2 Å². The molecule has 2 rings (SSSR count). The van der Waals surface area contributed by atoms with Gasteiger partial charge in [-0.1, -0.05) is 63.3 Å². The number of phenols is 1. The second-order valence-corrected chi connectivity index (χ2v) is 11.4. The van der Waals surface area contributed by atoms with E-state index in [0.717, 1.165) is 43.2 Å². The number of anilines is 1. The minimum Gasteiger partial charge on any atom is -0.508 e. The van der Waals surface area contributed by atoms with Crippen LogP contribution in [0.1, 0.15) is 94.5 Å². The predicted octanol–water partition coefficient (Wildman–Crippen LogP) is 6.71. The maximum atomic E-state index is 14.0. The van der Waals surface area contributed by atoms with E-state index in [4.69, 9.17) is 4.74 Å². The Labute approximate surface area is 239 Å². The average molecular weight is 554 g/mol. The molecule has 0 fully saturated rings. The highest BCUT2D eigenvalue weighted by molar-refractivity contribution is 5.99. The second kappa shape index (κ2) is 15.3. The number of aromatic hydroxyl groups is 1. The molecule has 0 saturated carbocycles. The third-order valence-electron chi connectivity index (χ3n) is 6.68. The maximum absolute atomic E-state index is 14.0. The van der Waals surface area contributed by atoms with Crippen LogP contribution in [0, 0.1) is 20.8 Å². The van der Waals surface area contributed by atoms with E-state index in [9.17, 15) is 19.5 Å². The number of rotatable bonds is 13. The van der Waals surface area contributed by atoms with Gasteiger partial charge in [0.15, 0.2) is 0 Å². The molecule has 0 aromatic heterocycles. The summed E-state index contributed by atoms with van der Waals surface area (Å²) >= 11 is 0. The number of carbonyl (C=O) groups excluding carboxylic acids is 3. The van der Waals surface area contributed by atoms with Gasteiger partial charge in [0.05, 0.1) is 0 Å².